The number of hydrogen-bond acceptors (Lipinski definition) is 10. The minimum Gasteiger partial charge on any atom is -0.495 e. The summed E-state index contributed by atoms with van der Waals surface area (Å²) >= 11 is 24.0. The zero-order chi connectivity index (χ0) is 39.8. The molecule has 0 atom stereocenters. The van der Waals surface area contributed by atoms with Gasteiger partial charge in [0.1, 0.15) is 46.1 Å². The second kappa shape index (κ2) is 18.3. The molecule has 0 unspecified atom stereocenters. The number of nitrogens with one attached hydrogen (secondary N) is 3. The van der Waals surface area contributed by atoms with Gasteiger partial charge in [0.2, 0.25) is 0 Å². The van der Waals surface area contributed by atoms with Crippen molar-refractivity contribution in [2.75, 3.05) is 35.4 Å². The molecule has 0 saturated carbocycles. The van der Waals surface area contributed by atoms with Crippen molar-refractivity contribution in [2.45, 2.75) is 0 Å². The van der Waals surface area contributed by atoms with Crippen molar-refractivity contribution < 1.29 is 54.2 Å². The molecule has 53 heavy (non-hydrogen) atoms. The zero-order valence-corrected chi connectivity index (χ0v) is 32.5. The summed E-state index contributed by atoms with van der Waals surface area (Å²) in [5, 5.41) is 0.340. The number of ether oxygens (including phenoxy) is 4. The van der Waals surface area contributed by atoms with Crippen molar-refractivity contribution in [2.24, 2.45) is 0 Å². The molecular weight excluding hydrogens is 832 g/mol. The first kappa shape index (κ1) is 43.3. The molecule has 4 rings (SSSR count). The number of halogens is 6. The van der Waals surface area contributed by atoms with Gasteiger partial charge < -0.3 is 18.9 Å². The van der Waals surface area contributed by atoms with Gasteiger partial charge in [-0.2, -0.15) is 21.1 Å². The molecule has 4 aromatic rings. The zero-order valence-electron chi connectivity index (χ0n) is 27.9. The Balaban J connectivity index is 0.000000286. The van der Waals surface area contributed by atoms with Crippen molar-refractivity contribution in [1.29, 1.82) is 0 Å². The fourth-order valence-corrected chi connectivity index (χ4v) is 5.61. The minimum absolute atomic E-state index is 0.0811. The molecule has 0 heterocycles. The van der Waals surface area contributed by atoms with Crippen molar-refractivity contribution in [3.63, 3.8) is 0 Å². The van der Waals surface area contributed by atoms with Gasteiger partial charge in [0, 0.05) is 45.4 Å². The Morgan fingerprint density at radius 1 is 0.623 bits per heavy atom. The van der Waals surface area contributed by atoms with Crippen LogP contribution in [-0.2, 0) is 20.4 Å². The Kier molecular flexibility index (Phi) is 14.9. The number of methoxy groups -OCH3 is 2. The van der Waals surface area contributed by atoms with Gasteiger partial charge in [-0.15, -0.1) is 0 Å². The molecule has 14 nitrogen and oxygen atoms in total. The van der Waals surface area contributed by atoms with Gasteiger partial charge in [-0.05, 0) is 36.4 Å². The average Bonchev–Trinajstić information content (AvgIpc) is 3.07. The van der Waals surface area contributed by atoms with Gasteiger partial charge in [-0.25, -0.2) is 22.9 Å². The van der Waals surface area contributed by atoms with Crippen LogP contribution in [0, 0.1) is 11.6 Å². The number of carbonyl (C=O) groups excluding carboxylic acids is 2. The molecule has 0 bridgehead atoms. The first-order valence-corrected chi connectivity index (χ1v) is 18.7. The van der Waals surface area contributed by atoms with E-state index in [9.17, 15) is 35.2 Å². The molecule has 286 valence electrons. The van der Waals surface area contributed by atoms with E-state index in [-0.39, 0.29) is 43.1 Å². The van der Waals surface area contributed by atoms with Crippen LogP contribution in [0.25, 0.3) is 0 Å². The molecule has 2 amide bonds. The summed E-state index contributed by atoms with van der Waals surface area (Å²) in [4.78, 5) is 23.9. The van der Waals surface area contributed by atoms with Crippen LogP contribution in [0.3, 0.4) is 0 Å². The second-order valence-corrected chi connectivity index (χ2v) is 15.3. The van der Waals surface area contributed by atoms with Crippen LogP contribution in [0.1, 0.15) is 20.7 Å². The maximum Gasteiger partial charge on any atom is 0.303 e. The van der Waals surface area contributed by atoms with E-state index in [1.807, 2.05) is 4.72 Å². The Bertz CT molecular complexity index is 2250. The van der Waals surface area contributed by atoms with E-state index < -0.39 is 55.0 Å². The smallest absolute Gasteiger partial charge is 0.303 e. The Labute approximate surface area is 323 Å². The van der Waals surface area contributed by atoms with Gasteiger partial charge in [-0.1, -0.05) is 46.4 Å². The molecule has 0 radical (unpaired) electrons. The highest BCUT2D eigenvalue weighted by atomic mass is 35.5. The number of carbonyl (C=O) groups is 2. The Hall–Kier alpha value is -4.14. The van der Waals surface area contributed by atoms with Crippen molar-refractivity contribution >= 4 is 78.6 Å². The van der Waals surface area contributed by atoms with Gasteiger partial charge in [-0.3, -0.25) is 9.59 Å². The number of hydrogen-bond donors (Lipinski definition) is 3. The maximum atomic E-state index is 14.3. The Morgan fingerprint density at radius 2 is 1.00 bits per heavy atom. The van der Waals surface area contributed by atoms with Gasteiger partial charge >= 0.3 is 20.4 Å². The number of rotatable bonds is 12. The van der Waals surface area contributed by atoms with Crippen molar-refractivity contribution in [1.82, 2.24) is 18.5 Å². The van der Waals surface area contributed by atoms with Crippen LogP contribution in [0.15, 0.2) is 60.7 Å². The van der Waals surface area contributed by atoms with Gasteiger partial charge in [0.05, 0.1) is 45.4 Å². The van der Waals surface area contributed by atoms with E-state index in [0.29, 0.717) is 11.5 Å². The van der Waals surface area contributed by atoms with E-state index in [2.05, 4.69) is 0 Å². The monoisotopic (exact) mass is 858 g/mol. The first-order valence-electron chi connectivity index (χ1n) is 14.2. The van der Waals surface area contributed by atoms with Crippen LogP contribution in [0.4, 0.5) is 8.78 Å². The third kappa shape index (κ3) is 11.7. The van der Waals surface area contributed by atoms with Gasteiger partial charge in [0.15, 0.2) is 0 Å². The summed E-state index contributed by atoms with van der Waals surface area (Å²) in [6.45, 7) is 0. The standard InChI is InChI=1S/C16H15Cl2FN2O5S.C15H13Cl2FN2O5S/c1-21(2)27(23,24)20-16(22)10-7-12(18)15(8-13(10)19)26-9-4-5-14(25-3)11(17)6-9;1-19-26(22,23)20-15(21)9-6-11(17)14(7-12(9)18)25-8-3-4-13(24-2)10(16)5-8/h4-8H,1-3H3,(H,20,22);3-7,19H,1-2H3,(H,20,21). The highest BCUT2D eigenvalue weighted by molar-refractivity contribution is 7.88. The Morgan fingerprint density at radius 3 is 1.34 bits per heavy atom. The fourth-order valence-electron chi connectivity index (χ4n) is 3.73. The van der Waals surface area contributed by atoms with Crippen LogP contribution in [-0.4, -0.2) is 68.3 Å². The largest absolute Gasteiger partial charge is 0.495 e. The highest BCUT2D eigenvalue weighted by Crippen LogP contribution is 2.37. The summed E-state index contributed by atoms with van der Waals surface area (Å²) in [5.74, 6) is -3.18. The molecule has 0 saturated heterocycles. The van der Waals surface area contributed by atoms with E-state index in [4.69, 9.17) is 65.4 Å². The van der Waals surface area contributed by atoms with Crippen LogP contribution < -0.4 is 33.1 Å². The molecule has 3 N–H and O–H groups in total. The lowest BCUT2D eigenvalue weighted by Gasteiger charge is -2.14. The molecule has 0 aliphatic heterocycles. The topological polar surface area (TPSA) is 179 Å². The molecule has 0 spiro atoms. The molecule has 0 aliphatic carbocycles. The quantitative estimate of drug-likeness (QED) is 0.141. The van der Waals surface area contributed by atoms with Crippen LogP contribution in [0.5, 0.6) is 34.5 Å². The first-order chi connectivity index (χ1) is 24.7. The molecule has 0 fully saturated rings. The summed E-state index contributed by atoms with van der Waals surface area (Å²) in [6, 6.07) is 12.7. The average molecular weight is 861 g/mol. The van der Waals surface area contributed by atoms with Crippen LogP contribution >= 0.6 is 46.4 Å². The van der Waals surface area contributed by atoms with E-state index in [1.165, 1.54) is 52.6 Å². The third-order valence-corrected chi connectivity index (χ3v) is 10.0. The SMILES string of the molecule is CNS(=O)(=O)NC(=O)c1cc(Cl)c(Oc2ccc(OC)c(Cl)c2)cc1F.COc1ccc(Oc2cc(F)c(C(=O)NS(=O)(=O)N(C)C)cc2Cl)cc1Cl. The number of amides is 2. The summed E-state index contributed by atoms with van der Waals surface area (Å²) in [5.41, 5.74) is -1.11. The van der Waals surface area contributed by atoms with Crippen LogP contribution in [0.2, 0.25) is 20.1 Å². The number of nitrogens with zero attached hydrogens (tertiary/aromatic N) is 1. The maximum absolute atomic E-state index is 14.3. The second-order valence-electron chi connectivity index (χ2n) is 10.2. The highest BCUT2D eigenvalue weighted by Gasteiger charge is 2.23. The summed E-state index contributed by atoms with van der Waals surface area (Å²) in [6.07, 6.45) is 0. The molecular formula is C31H28Cl4F2N4O10S2. The molecule has 0 aromatic heterocycles. The normalized spacial score (nSPS) is 11.2. The minimum atomic E-state index is -4.08. The number of benzene rings is 4. The van der Waals surface area contributed by atoms with Crippen molar-refractivity contribution in [3.05, 3.63) is 104 Å². The summed E-state index contributed by atoms with van der Waals surface area (Å²) in [7, 11) is -1.73. The predicted molar refractivity (Wildman–Crippen MR) is 194 cm³/mol. The molecule has 0 aliphatic rings. The lowest BCUT2D eigenvalue weighted by Crippen LogP contribution is -2.39. The van der Waals surface area contributed by atoms with E-state index in [0.717, 1.165) is 35.6 Å². The summed E-state index contributed by atoms with van der Waals surface area (Å²) < 4.78 is 101. The fraction of sp³-hybridized carbons (Fsp3) is 0.161. The van der Waals surface area contributed by atoms with E-state index >= 15 is 0 Å². The predicted octanol–water partition coefficient (Wildman–Crippen LogP) is 6.60. The lowest BCUT2D eigenvalue weighted by atomic mass is 10.2. The van der Waals surface area contributed by atoms with Gasteiger partial charge in [0.25, 0.3) is 11.8 Å². The van der Waals surface area contributed by atoms with E-state index in [1.54, 1.807) is 21.6 Å². The molecule has 4 aromatic carbocycles. The third-order valence-electron chi connectivity index (χ3n) is 6.43. The molecule has 22 heteroatoms. The lowest BCUT2D eigenvalue weighted by molar-refractivity contribution is 0.0967. The van der Waals surface area contributed by atoms with Crippen molar-refractivity contribution in [3.8, 4) is 34.5 Å².